The van der Waals surface area contributed by atoms with Gasteiger partial charge in [0.1, 0.15) is 0 Å². The van der Waals surface area contributed by atoms with Gasteiger partial charge in [-0.1, -0.05) is 6.92 Å². The topological polar surface area (TPSA) is 0 Å². The molecule has 0 aliphatic rings. The first-order valence-corrected chi connectivity index (χ1v) is 8.49. The van der Waals surface area contributed by atoms with Gasteiger partial charge in [0, 0.05) is 0 Å². The summed E-state index contributed by atoms with van der Waals surface area (Å²) in [5, 5.41) is 1.35. The minimum atomic E-state index is 0.917. The summed E-state index contributed by atoms with van der Waals surface area (Å²) in [5.41, 5.74) is 0. The Balaban J connectivity index is 3.75. The van der Waals surface area contributed by atoms with Crippen molar-refractivity contribution in [3.8, 4) is 0 Å². The van der Waals surface area contributed by atoms with Crippen LogP contribution in [0.1, 0.15) is 79.6 Å². The molecule has 4 unspecified atom stereocenters. The van der Waals surface area contributed by atoms with Gasteiger partial charge in [-0.15, -0.1) is 0 Å². The van der Waals surface area contributed by atoms with Crippen LogP contribution in [0.15, 0.2) is 0 Å². The summed E-state index contributed by atoms with van der Waals surface area (Å²) >= 11 is 2.30. The summed E-state index contributed by atoms with van der Waals surface area (Å²) in [6, 6.07) is 0. The molecule has 0 fully saturated rings. The molecule has 0 aromatic rings. The molecule has 0 radical (unpaired) electrons. The SMILES string of the molecule is [Li][CH2]CCC(C)CC(C)CC(C)CC(C)CCC. The van der Waals surface area contributed by atoms with E-state index in [-0.39, 0.29) is 0 Å². The minimum Gasteiger partial charge on any atom is -0.0654 e. The maximum absolute atomic E-state index is 2.46. The molecule has 18 heavy (non-hydrogen) atoms. The van der Waals surface area contributed by atoms with Crippen molar-refractivity contribution in [3.63, 3.8) is 0 Å². The number of hydrogen-bond donors (Lipinski definition) is 0. The maximum atomic E-state index is 2.46. The van der Waals surface area contributed by atoms with Crippen molar-refractivity contribution in [2.75, 3.05) is 0 Å². The Morgan fingerprint density at radius 1 is 0.722 bits per heavy atom. The van der Waals surface area contributed by atoms with Gasteiger partial charge in [-0.3, -0.25) is 0 Å². The summed E-state index contributed by atoms with van der Waals surface area (Å²) in [6.45, 7) is 12.1. The normalized spacial score (nSPS) is 18.4. The Hall–Kier alpha value is 0.597. The van der Waals surface area contributed by atoms with Crippen LogP contribution in [0.5, 0.6) is 0 Å². The van der Waals surface area contributed by atoms with Crippen LogP contribution >= 0.6 is 0 Å². The molecule has 0 nitrogen and oxygen atoms in total. The van der Waals surface area contributed by atoms with Gasteiger partial charge in [-0.05, 0) is 0 Å². The second-order valence-electron chi connectivity index (χ2n) is 7.06. The molecule has 0 aliphatic heterocycles. The molecule has 0 aromatic carbocycles. The van der Waals surface area contributed by atoms with Crippen LogP contribution in [-0.4, -0.2) is 17.7 Å². The van der Waals surface area contributed by atoms with Gasteiger partial charge in [0.2, 0.25) is 0 Å². The molecule has 0 aromatic heterocycles. The summed E-state index contributed by atoms with van der Waals surface area (Å²) in [6.07, 6.45) is 9.90. The van der Waals surface area contributed by atoms with Gasteiger partial charge in [0.15, 0.2) is 0 Å². The summed E-state index contributed by atoms with van der Waals surface area (Å²) in [5.74, 6) is 3.69. The molecule has 1 heteroatoms. The molecule has 0 spiro atoms. The molecule has 0 aliphatic carbocycles. The van der Waals surface area contributed by atoms with Crippen molar-refractivity contribution in [3.05, 3.63) is 0 Å². The van der Waals surface area contributed by atoms with Gasteiger partial charge >= 0.3 is 119 Å². The van der Waals surface area contributed by atoms with E-state index >= 15 is 0 Å². The first-order chi connectivity index (χ1) is 8.49. The third kappa shape index (κ3) is 10.5. The third-order valence-electron chi connectivity index (χ3n) is 4.25. The standard InChI is InChI=1S/C17H35.Li/c1-7-9-14(3)11-16(5)13-17(6)12-15(4)10-8-2;/h14-17H,1,7-13H2,2-6H3;. The quantitative estimate of drug-likeness (QED) is 0.400. The van der Waals surface area contributed by atoms with E-state index in [9.17, 15) is 0 Å². The first-order valence-electron chi connectivity index (χ1n) is 8.49. The van der Waals surface area contributed by atoms with Crippen molar-refractivity contribution in [1.82, 2.24) is 0 Å². The van der Waals surface area contributed by atoms with Gasteiger partial charge in [0.25, 0.3) is 0 Å². The zero-order valence-electron chi connectivity index (χ0n) is 14.0. The number of rotatable bonds is 11. The molecule has 0 amide bonds. The fourth-order valence-electron chi connectivity index (χ4n) is 3.53. The molecule has 0 bridgehead atoms. The Morgan fingerprint density at radius 3 is 1.61 bits per heavy atom. The van der Waals surface area contributed by atoms with E-state index < -0.39 is 0 Å². The Kier molecular flexibility index (Phi) is 11.8. The average molecular weight is 246 g/mol. The van der Waals surface area contributed by atoms with E-state index in [1.807, 2.05) is 0 Å². The minimum absolute atomic E-state index is 0.917. The van der Waals surface area contributed by atoms with Crippen molar-refractivity contribution in [2.45, 2.75) is 84.7 Å². The number of hydrogen-bond acceptors (Lipinski definition) is 0. The molecule has 0 N–H and O–H groups in total. The van der Waals surface area contributed by atoms with E-state index in [4.69, 9.17) is 0 Å². The molecule has 0 rings (SSSR count). The molecular formula is C17H35Li. The van der Waals surface area contributed by atoms with Crippen LogP contribution in [0.2, 0.25) is 5.09 Å². The molecule has 0 heterocycles. The monoisotopic (exact) mass is 246 g/mol. The molecule has 0 saturated heterocycles. The van der Waals surface area contributed by atoms with Crippen molar-refractivity contribution in [2.24, 2.45) is 23.7 Å². The fraction of sp³-hybridized carbons (Fsp3) is 1.00. The average Bonchev–Trinajstić information content (AvgIpc) is 2.25. The van der Waals surface area contributed by atoms with Crippen LogP contribution in [0.4, 0.5) is 0 Å². The van der Waals surface area contributed by atoms with E-state index in [1.165, 1.54) is 50.0 Å². The van der Waals surface area contributed by atoms with Crippen LogP contribution in [-0.2, 0) is 0 Å². The zero-order valence-corrected chi connectivity index (χ0v) is 14.0. The second-order valence-corrected chi connectivity index (χ2v) is 7.06. The van der Waals surface area contributed by atoms with E-state index in [0.717, 1.165) is 23.7 Å². The van der Waals surface area contributed by atoms with Gasteiger partial charge < -0.3 is 0 Å². The van der Waals surface area contributed by atoms with Crippen molar-refractivity contribution < 1.29 is 0 Å². The molecule has 0 saturated carbocycles. The summed E-state index contributed by atoms with van der Waals surface area (Å²) < 4.78 is 0. The first kappa shape index (κ1) is 18.6. The molecule has 4 atom stereocenters. The Labute approximate surface area is 126 Å². The van der Waals surface area contributed by atoms with Crippen LogP contribution in [0.25, 0.3) is 0 Å². The van der Waals surface area contributed by atoms with E-state index in [2.05, 4.69) is 52.3 Å². The van der Waals surface area contributed by atoms with Gasteiger partial charge in [-0.2, -0.15) is 0 Å². The van der Waals surface area contributed by atoms with Crippen molar-refractivity contribution >= 4 is 17.7 Å². The Morgan fingerprint density at radius 2 is 1.17 bits per heavy atom. The predicted octanol–water partition coefficient (Wildman–Crippen LogP) is 5.87. The second kappa shape index (κ2) is 11.4. The van der Waals surface area contributed by atoms with E-state index in [1.54, 1.807) is 0 Å². The zero-order chi connectivity index (χ0) is 14.0. The van der Waals surface area contributed by atoms with Crippen LogP contribution in [0, 0.1) is 23.7 Å². The van der Waals surface area contributed by atoms with Gasteiger partial charge in [0.05, 0.1) is 0 Å². The van der Waals surface area contributed by atoms with Gasteiger partial charge in [-0.25, -0.2) is 0 Å². The molecule has 104 valence electrons. The Bertz CT molecular complexity index is 178. The predicted molar refractivity (Wildman–Crippen MR) is 85.2 cm³/mol. The third-order valence-corrected chi connectivity index (χ3v) is 4.25. The fourth-order valence-corrected chi connectivity index (χ4v) is 3.53. The van der Waals surface area contributed by atoms with Crippen LogP contribution < -0.4 is 0 Å². The van der Waals surface area contributed by atoms with E-state index in [0.29, 0.717) is 0 Å². The van der Waals surface area contributed by atoms with Crippen molar-refractivity contribution in [1.29, 1.82) is 0 Å². The summed E-state index contributed by atoms with van der Waals surface area (Å²) in [4.78, 5) is 0. The molecular weight excluding hydrogens is 211 g/mol. The van der Waals surface area contributed by atoms with Crippen LogP contribution in [0.3, 0.4) is 0 Å². The smallest absolute Gasteiger partial charge is 0.0654 e. The summed E-state index contributed by atoms with van der Waals surface area (Å²) in [7, 11) is 0.